The molecule has 0 saturated carbocycles. The van der Waals surface area contributed by atoms with Crippen molar-refractivity contribution in [2.75, 3.05) is 17.7 Å². The van der Waals surface area contributed by atoms with Gasteiger partial charge < -0.3 is 10.6 Å². The minimum absolute atomic E-state index is 0.181. The SMILES string of the molecule is CNc1cc2c(C)n(C)nc2c(F)c1Nc1ccc(C)cc1F. The fourth-order valence-electron chi connectivity index (χ4n) is 2.59. The van der Waals surface area contributed by atoms with Gasteiger partial charge in [-0.1, -0.05) is 6.07 Å². The van der Waals surface area contributed by atoms with Crippen molar-refractivity contribution in [1.29, 1.82) is 0 Å². The molecule has 2 aromatic carbocycles. The van der Waals surface area contributed by atoms with Crippen molar-refractivity contribution < 1.29 is 8.78 Å². The zero-order valence-electron chi connectivity index (χ0n) is 13.5. The molecule has 0 aliphatic rings. The molecule has 0 spiro atoms. The highest BCUT2D eigenvalue weighted by Crippen LogP contribution is 2.35. The maximum atomic E-state index is 14.9. The molecule has 0 fully saturated rings. The van der Waals surface area contributed by atoms with Crippen LogP contribution in [-0.2, 0) is 7.05 Å². The highest BCUT2D eigenvalue weighted by molar-refractivity contribution is 5.93. The van der Waals surface area contributed by atoms with Gasteiger partial charge in [0.2, 0.25) is 0 Å². The number of anilines is 3. The van der Waals surface area contributed by atoms with E-state index in [1.165, 1.54) is 6.07 Å². The molecule has 3 aromatic rings. The molecule has 0 unspecified atom stereocenters. The van der Waals surface area contributed by atoms with Gasteiger partial charge in [-0.25, -0.2) is 8.78 Å². The Bertz CT molecular complexity index is 899. The van der Waals surface area contributed by atoms with Crippen molar-refractivity contribution in [2.24, 2.45) is 7.05 Å². The monoisotopic (exact) mass is 316 g/mol. The lowest BCUT2D eigenvalue weighted by atomic mass is 10.1. The molecule has 0 aliphatic heterocycles. The molecule has 0 bridgehead atoms. The maximum Gasteiger partial charge on any atom is 0.176 e. The largest absolute Gasteiger partial charge is 0.386 e. The van der Waals surface area contributed by atoms with Crippen LogP contribution in [0.15, 0.2) is 24.3 Å². The molecule has 3 rings (SSSR count). The van der Waals surface area contributed by atoms with E-state index in [2.05, 4.69) is 15.7 Å². The highest BCUT2D eigenvalue weighted by Gasteiger charge is 2.18. The predicted molar refractivity (Wildman–Crippen MR) is 89.4 cm³/mol. The first-order valence-electron chi connectivity index (χ1n) is 7.29. The van der Waals surface area contributed by atoms with E-state index < -0.39 is 11.6 Å². The lowest BCUT2D eigenvalue weighted by Crippen LogP contribution is -2.02. The molecule has 23 heavy (non-hydrogen) atoms. The van der Waals surface area contributed by atoms with Crippen molar-refractivity contribution in [2.45, 2.75) is 13.8 Å². The van der Waals surface area contributed by atoms with Gasteiger partial charge >= 0.3 is 0 Å². The topological polar surface area (TPSA) is 41.9 Å². The quantitative estimate of drug-likeness (QED) is 0.759. The Labute approximate surface area is 133 Å². The third-order valence-corrected chi connectivity index (χ3v) is 4.02. The van der Waals surface area contributed by atoms with Crippen LogP contribution >= 0.6 is 0 Å². The zero-order chi connectivity index (χ0) is 16.7. The van der Waals surface area contributed by atoms with E-state index in [1.54, 1.807) is 37.8 Å². The Balaban J connectivity index is 2.18. The molecular weight excluding hydrogens is 298 g/mol. The van der Waals surface area contributed by atoms with Crippen molar-refractivity contribution in [3.8, 4) is 0 Å². The lowest BCUT2D eigenvalue weighted by molar-refractivity contribution is 0.626. The third-order valence-electron chi connectivity index (χ3n) is 4.02. The molecule has 0 amide bonds. The number of nitrogens with one attached hydrogen (secondary N) is 2. The van der Waals surface area contributed by atoms with Gasteiger partial charge in [0.1, 0.15) is 17.0 Å². The van der Waals surface area contributed by atoms with Crippen LogP contribution in [0.25, 0.3) is 10.9 Å². The number of aryl methyl sites for hydroxylation is 3. The van der Waals surface area contributed by atoms with Crippen LogP contribution in [0.1, 0.15) is 11.3 Å². The Hall–Kier alpha value is -2.63. The summed E-state index contributed by atoms with van der Waals surface area (Å²) in [5, 5.41) is 10.7. The fraction of sp³-hybridized carbons (Fsp3) is 0.235. The number of hydrogen-bond acceptors (Lipinski definition) is 3. The number of halogens is 2. The van der Waals surface area contributed by atoms with Crippen molar-refractivity contribution in [3.63, 3.8) is 0 Å². The van der Waals surface area contributed by atoms with E-state index in [-0.39, 0.29) is 16.9 Å². The van der Waals surface area contributed by atoms with Crippen LogP contribution in [0.5, 0.6) is 0 Å². The van der Waals surface area contributed by atoms with Crippen LogP contribution in [0.3, 0.4) is 0 Å². The molecule has 120 valence electrons. The van der Waals surface area contributed by atoms with Crippen LogP contribution in [0.2, 0.25) is 0 Å². The van der Waals surface area contributed by atoms with Gasteiger partial charge in [-0.3, -0.25) is 4.68 Å². The van der Waals surface area contributed by atoms with E-state index in [0.717, 1.165) is 16.6 Å². The number of fused-ring (bicyclic) bond motifs is 1. The minimum Gasteiger partial charge on any atom is -0.386 e. The second-order valence-corrected chi connectivity index (χ2v) is 5.58. The first-order chi connectivity index (χ1) is 10.9. The normalized spacial score (nSPS) is 11.0. The average molecular weight is 316 g/mol. The number of nitrogens with zero attached hydrogens (tertiary/aromatic N) is 2. The summed E-state index contributed by atoms with van der Waals surface area (Å²) in [5.74, 6) is -0.931. The number of benzene rings is 2. The van der Waals surface area contributed by atoms with Gasteiger partial charge in [0.25, 0.3) is 0 Å². The van der Waals surface area contributed by atoms with Crippen LogP contribution in [0.4, 0.5) is 25.8 Å². The summed E-state index contributed by atoms with van der Waals surface area (Å²) in [4.78, 5) is 0. The second-order valence-electron chi connectivity index (χ2n) is 5.58. The molecule has 0 aliphatic carbocycles. The summed E-state index contributed by atoms with van der Waals surface area (Å²) < 4.78 is 30.6. The lowest BCUT2D eigenvalue weighted by Gasteiger charge is -2.14. The smallest absolute Gasteiger partial charge is 0.176 e. The Morgan fingerprint density at radius 2 is 1.83 bits per heavy atom. The van der Waals surface area contributed by atoms with Crippen LogP contribution in [0, 0.1) is 25.5 Å². The standard InChI is InChI=1S/C17H18F2N4/c1-9-5-6-13(12(18)7-9)21-17-14(20-3)8-11-10(2)23(4)22-16(11)15(17)19/h5-8,20-21H,1-4H3. The summed E-state index contributed by atoms with van der Waals surface area (Å²) in [6, 6.07) is 6.58. The molecule has 1 aromatic heterocycles. The molecule has 0 atom stereocenters. The van der Waals surface area contributed by atoms with Crippen molar-refractivity contribution in [1.82, 2.24) is 9.78 Å². The number of aromatic nitrogens is 2. The van der Waals surface area contributed by atoms with E-state index >= 15 is 0 Å². The number of rotatable bonds is 3. The molecule has 1 heterocycles. The van der Waals surface area contributed by atoms with Gasteiger partial charge in [-0.05, 0) is 37.6 Å². The summed E-state index contributed by atoms with van der Waals surface area (Å²) in [7, 11) is 3.46. The van der Waals surface area contributed by atoms with Gasteiger partial charge in [0, 0.05) is 25.2 Å². The van der Waals surface area contributed by atoms with Crippen molar-refractivity contribution in [3.05, 3.63) is 47.2 Å². The van der Waals surface area contributed by atoms with Gasteiger partial charge in [0.15, 0.2) is 5.82 Å². The molecular formula is C17H18F2N4. The maximum absolute atomic E-state index is 14.9. The van der Waals surface area contributed by atoms with E-state index in [4.69, 9.17) is 0 Å². The molecule has 2 N–H and O–H groups in total. The van der Waals surface area contributed by atoms with Crippen LogP contribution < -0.4 is 10.6 Å². The van der Waals surface area contributed by atoms with E-state index in [1.807, 2.05) is 13.0 Å². The molecule has 6 heteroatoms. The first-order valence-corrected chi connectivity index (χ1v) is 7.29. The van der Waals surface area contributed by atoms with Gasteiger partial charge in [-0.15, -0.1) is 0 Å². The molecule has 0 radical (unpaired) electrons. The summed E-state index contributed by atoms with van der Waals surface area (Å²) >= 11 is 0. The minimum atomic E-state index is -0.504. The van der Waals surface area contributed by atoms with Crippen LogP contribution in [-0.4, -0.2) is 16.8 Å². The molecule has 4 nitrogen and oxygen atoms in total. The second kappa shape index (κ2) is 5.53. The highest BCUT2D eigenvalue weighted by atomic mass is 19.1. The van der Waals surface area contributed by atoms with Gasteiger partial charge in [-0.2, -0.15) is 5.10 Å². The fourth-order valence-corrected chi connectivity index (χ4v) is 2.59. The van der Waals surface area contributed by atoms with E-state index in [9.17, 15) is 8.78 Å². The summed E-state index contributed by atoms with van der Waals surface area (Å²) in [5.41, 5.74) is 2.88. The number of hydrogen-bond donors (Lipinski definition) is 2. The first kappa shape index (κ1) is 15.3. The summed E-state index contributed by atoms with van der Waals surface area (Å²) in [6.45, 7) is 3.68. The summed E-state index contributed by atoms with van der Waals surface area (Å²) in [6.07, 6.45) is 0. The Morgan fingerprint density at radius 1 is 1.09 bits per heavy atom. The third kappa shape index (κ3) is 2.50. The van der Waals surface area contributed by atoms with E-state index in [0.29, 0.717) is 5.69 Å². The Morgan fingerprint density at radius 3 is 2.48 bits per heavy atom. The van der Waals surface area contributed by atoms with Gasteiger partial charge in [0.05, 0.1) is 11.4 Å². The zero-order valence-corrected chi connectivity index (χ0v) is 13.5. The van der Waals surface area contributed by atoms with Crippen molar-refractivity contribution >= 4 is 28.0 Å². The predicted octanol–water partition coefficient (Wildman–Crippen LogP) is 4.25. The average Bonchev–Trinajstić information content (AvgIpc) is 2.80. The Kier molecular flexibility index (Phi) is 3.67. The molecule has 0 saturated heterocycles.